The minimum Gasteiger partial charge on any atom is -0.481 e. The maximum absolute atomic E-state index is 12.6. The zero-order valence-electron chi connectivity index (χ0n) is 23.8. The number of hydrogen-bond acceptors (Lipinski definition) is 10. The SMILES string of the molecule is [CH2-]C(=O)NC(NC([CH2-])=O)C(=O)NCCOCCOCCN[C@H](O)[C@H](CC(=O)O)NC(=O)[C@H](CC(C)C)NC(C)=O.[Gd].[Gd]. The van der Waals surface area contributed by atoms with E-state index in [1.165, 1.54) is 6.92 Å². The molecule has 8 N–H and O–H groups in total. The molecule has 5 amide bonds. The van der Waals surface area contributed by atoms with Crippen LogP contribution in [0.3, 0.4) is 0 Å². The maximum atomic E-state index is 12.6. The average Bonchev–Trinajstić information content (AvgIpc) is 2.82. The molecule has 16 nitrogen and oxygen atoms in total. The number of rotatable bonds is 21. The zero-order valence-corrected chi connectivity index (χ0v) is 28.4. The molecule has 18 heteroatoms. The molecule has 246 valence electrons. The number of carboxylic acid groups (broad SMARTS) is 1. The molecule has 3 atom stereocenters. The molecule has 0 spiro atoms. The molecule has 0 aliphatic rings. The van der Waals surface area contributed by atoms with E-state index in [0.29, 0.717) is 6.42 Å². The predicted molar refractivity (Wildman–Crippen MR) is 141 cm³/mol. The number of aliphatic hydroxyl groups is 1. The molecule has 0 heterocycles. The summed E-state index contributed by atoms with van der Waals surface area (Å²) in [7, 11) is 0. The van der Waals surface area contributed by atoms with Crippen LogP contribution in [-0.2, 0) is 38.2 Å². The van der Waals surface area contributed by atoms with E-state index < -0.39 is 66.4 Å². The Balaban J connectivity index is -0.00000760. The van der Waals surface area contributed by atoms with Crippen molar-refractivity contribution >= 4 is 35.5 Å². The number of nitrogens with one attached hydrogen (secondary N) is 6. The summed E-state index contributed by atoms with van der Waals surface area (Å²) in [6, 6.07) is -2.03. The van der Waals surface area contributed by atoms with Gasteiger partial charge in [-0.15, -0.1) is 0 Å². The fourth-order valence-electron chi connectivity index (χ4n) is 3.24. The van der Waals surface area contributed by atoms with E-state index in [9.17, 15) is 39.0 Å². The summed E-state index contributed by atoms with van der Waals surface area (Å²) in [6.07, 6.45) is -2.93. The number of amides is 5. The van der Waals surface area contributed by atoms with Crippen molar-refractivity contribution in [3.05, 3.63) is 13.8 Å². The molecule has 0 saturated heterocycles. The first-order chi connectivity index (χ1) is 18.7. The molecule has 0 aliphatic carbocycles. The number of aliphatic hydroxyl groups excluding tert-OH is 1. The first-order valence-electron chi connectivity index (χ1n) is 12.6. The Morgan fingerprint density at radius 1 is 0.786 bits per heavy atom. The van der Waals surface area contributed by atoms with Crippen LogP contribution in [0.5, 0.6) is 0 Å². The Kier molecular flexibility index (Phi) is 28.6. The minimum absolute atomic E-state index is 0. The van der Waals surface area contributed by atoms with Crippen molar-refractivity contribution in [3.8, 4) is 0 Å². The van der Waals surface area contributed by atoms with Crippen LogP contribution in [0.2, 0.25) is 0 Å². The van der Waals surface area contributed by atoms with Gasteiger partial charge in [0.1, 0.15) is 12.3 Å². The summed E-state index contributed by atoms with van der Waals surface area (Å²) in [5, 5.41) is 34.0. The van der Waals surface area contributed by atoms with Crippen molar-refractivity contribution in [1.29, 1.82) is 0 Å². The van der Waals surface area contributed by atoms with Crippen molar-refractivity contribution in [2.45, 2.75) is 58.1 Å². The van der Waals surface area contributed by atoms with Crippen LogP contribution in [0.25, 0.3) is 0 Å². The van der Waals surface area contributed by atoms with Crippen molar-refractivity contribution < 1.29 is 128 Å². The molecule has 0 aliphatic heterocycles. The predicted octanol–water partition coefficient (Wildman–Crippen LogP) is -3.22. The number of carbonyl (C=O) groups excluding carboxylic acids is 5. The Morgan fingerprint density at radius 3 is 1.76 bits per heavy atom. The molecule has 0 radical (unpaired) electrons. The van der Waals surface area contributed by atoms with Gasteiger partial charge in [-0.25, -0.2) is 0 Å². The van der Waals surface area contributed by atoms with Gasteiger partial charge in [0.2, 0.25) is 11.8 Å². The molecule has 0 saturated carbocycles. The molecule has 0 fully saturated rings. The first kappa shape index (κ1) is 45.5. The second-order valence-corrected chi connectivity index (χ2v) is 9.08. The molecule has 0 bridgehead atoms. The summed E-state index contributed by atoms with van der Waals surface area (Å²) in [5.74, 6) is -4.36. The zero-order chi connectivity index (χ0) is 30.7. The van der Waals surface area contributed by atoms with Gasteiger partial charge in [0, 0.05) is 99.9 Å². The van der Waals surface area contributed by atoms with Gasteiger partial charge < -0.3 is 69.7 Å². The smallest absolute Gasteiger partial charge is 0.305 e. The van der Waals surface area contributed by atoms with E-state index in [1.54, 1.807) is 0 Å². The van der Waals surface area contributed by atoms with Gasteiger partial charge in [-0.1, -0.05) is 13.8 Å². The third-order valence-electron chi connectivity index (χ3n) is 4.89. The van der Waals surface area contributed by atoms with Gasteiger partial charge in [0.15, 0.2) is 6.17 Å². The van der Waals surface area contributed by atoms with E-state index in [0.717, 1.165) is 0 Å². The van der Waals surface area contributed by atoms with E-state index in [2.05, 4.69) is 45.7 Å². The summed E-state index contributed by atoms with van der Waals surface area (Å²) < 4.78 is 10.7. The summed E-state index contributed by atoms with van der Waals surface area (Å²) in [6.45, 7) is 11.9. The second-order valence-electron chi connectivity index (χ2n) is 9.08. The van der Waals surface area contributed by atoms with Gasteiger partial charge in [0.25, 0.3) is 5.91 Å². The molecule has 0 unspecified atom stereocenters. The Hall–Kier alpha value is -0.951. The molecule has 42 heavy (non-hydrogen) atoms. The fraction of sp³-hybridized carbons (Fsp3) is 0.667. The van der Waals surface area contributed by atoms with E-state index in [4.69, 9.17) is 9.47 Å². The van der Waals surface area contributed by atoms with Crippen LogP contribution in [0.4, 0.5) is 0 Å². The Labute approximate surface area is 310 Å². The number of hydrogen-bond donors (Lipinski definition) is 8. The minimum atomic E-state index is -1.40. The maximum Gasteiger partial charge on any atom is 0.305 e. The number of carbonyl (C=O) groups is 6. The van der Waals surface area contributed by atoms with Crippen LogP contribution in [0, 0.1) is 99.6 Å². The van der Waals surface area contributed by atoms with Gasteiger partial charge in [-0.3, -0.25) is 24.5 Å². The first-order valence-corrected chi connectivity index (χ1v) is 12.6. The largest absolute Gasteiger partial charge is 0.481 e. The number of carboxylic acids is 1. The number of ether oxygens (including phenoxy) is 2. The number of aliphatic carboxylic acids is 1. The standard InChI is InChI=1S/C24H42N6O10.2Gd/c1-14(2)12-18(27-15(3)31)23(37)30-19(13-20(34)35)22(36)25-6-8-39-10-11-40-9-7-26-24(38)21(28-16(4)32)29-17(5)33;;/h14,18-19,21-22,25,36H,4-13H2,1-3H3,(H,26,38)(H,27,31)(H,28,32)(H,29,33)(H,30,37)(H,34,35);;/q-2;;/t18-,19-,22+;;/m0../s1. The average molecular weight is 889 g/mol. The van der Waals surface area contributed by atoms with Crippen molar-refractivity contribution in [3.63, 3.8) is 0 Å². The van der Waals surface area contributed by atoms with E-state index in [-0.39, 0.29) is 125 Å². The van der Waals surface area contributed by atoms with Crippen molar-refractivity contribution in [1.82, 2.24) is 31.9 Å². The molecular weight excluding hydrogens is 847 g/mol. The molecular formula is C24H42Gd2N6O10-2. The van der Waals surface area contributed by atoms with Crippen molar-refractivity contribution in [2.24, 2.45) is 5.92 Å². The molecule has 0 rings (SSSR count). The van der Waals surface area contributed by atoms with Gasteiger partial charge >= 0.3 is 5.97 Å². The van der Waals surface area contributed by atoms with Crippen molar-refractivity contribution in [2.75, 3.05) is 39.5 Å². The summed E-state index contributed by atoms with van der Waals surface area (Å²) in [4.78, 5) is 69.3. The third kappa shape index (κ3) is 24.5. The Morgan fingerprint density at radius 2 is 1.31 bits per heavy atom. The van der Waals surface area contributed by atoms with Gasteiger partial charge in [0.05, 0.1) is 50.7 Å². The quantitative estimate of drug-likeness (QED) is 0.0325. The van der Waals surface area contributed by atoms with Gasteiger partial charge in [-0.05, 0) is 12.3 Å². The molecule has 0 aromatic rings. The summed E-state index contributed by atoms with van der Waals surface area (Å²) in [5.41, 5.74) is 0. The topological polar surface area (TPSA) is 234 Å². The van der Waals surface area contributed by atoms with Crippen LogP contribution < -0.4 is 31.9 Å². The third-order valence-corrected chi connectivity index (χ3v) is 4.89. The van der Waals surface area contributed by atoms with E-state index in [1.807, 2.05) is 13.8 Å². The molecule has 0 aromatic heterocycles. The summed E-state index contributed by atoms with van der Waals surface area (Å²) >= 11 is 0. The van der Waals surface area contributed by atoms with Crippen LogP contribution in [0.15, 0.2) is 0 Å². The van der Waals surface area contributed by atoms with E-state index >= 15 is 0 Å². The monoisotopic (exact) mass is 890 g/mol. The van der Waals surface area contributed by atoms with Crippen LogP contribution in [-0.4, -0.2) is 110 Å². The van der Waals surface area contributed by atoms with Crippen LogP contribution in [0.1, 0.15) is 33.6 Å². The normalized spacial score (nSPS) is 12.5. The molecule has 0 aromatic carbocycles. The fourth-order valence-corrected chi connectivity index (χ4v) is 3.24. The Bertz CT molecular complexity index is 837. The van der Waals surface area contributed by atoms with Crippen LogP contribution >= 0.6 is 0 Å². The van der Waals surface area contributed by atoms with Gasteiger partial charge in [-0.2, -0.15) is 0 Å². The second kappa shape index (κ2) is 26.5.